The quantitative estimate of drug-likeness (QED) is 0.808. The molecule has 2 rings (SSSR count). The molecule has 0 spiro atoms. The molecule has 15 heavy (non-hydrogen) atoms. The van der Waals surface area contributed by atoms with E-state index in [1.54, 1.807) is 12.4 Å². The summed E-state index contributed by atoms with van der Waals surface area (Å²) in [5.41, 5.74) is 8.92. The third-order valence-electron chi connectivity index (χ3n) is 2.35. The Bertz CT molecular complexity index is 473. The van der Waals surface area contributed by atoms with E-state index in [1.807, 2.05) is 23.7 Å². The van der Waals surface area contributed by atoms with E-state index in [4.69, 9.17) is 5.73 Å². The summed E-state index contributed by atoms with van der Waals surface area (Å²) in [4.78, 5) is 4.15. The van der Waals surface area contributed by atoms with Crippen LogP contribution in [0.4, 0.5) is 5.82 Å². The number of hydrogen-bond acceptors (Lipinski definition) is 3. The number of nitrogen functional groups attached to an aromatic ring is 1. The van der Waals surface area contributed by atoms with E-state index >= 15 is 0 Å². The molecule has 0 aliphatic rings. The van der Waals surface area contributed by atoms with Crippen LogP contribution in [0.3, 0.4) is 0 Å². The van der Waals surface area contributed by atoms with E-state index in [0.717, 1.165) is 23.4 Å². The van der Waals surface area contributed by atoms with Gasteiger partial charge in [0.05, 0.1) is 5.69 Å². The number of aromatic nitrogens is 3. The molecule has 2 aromatic heterocycles. The van der Waals surface area contributed by atoms with Crippen LogP contribution < -0.4 is 5.73 Å². The van der Waals surface area contributed by atoms with Crippen molar-refractivity contribution in [1.82, 2.24) is 14.8 Å². The Labute approximate surface area is 88.8 Å². The minimum atomic E-state index is 0.552. The van der Waals surface area contributed by atoms with Crippen LogP contribution in [0.25, 0.3) is 11.3 Å². The summed E-state index contributed by atoms with van der Waals surface area (Å²) in [6, 6.07) is 3.99. The average molecular weight is 202 g/mol. The van der Waals surface area contributed by atoms with Gasteiger partial charge in [0.1, 0.15) is 5.82 Å². The van der Waals surface area contributed by atoms with Gasteiger partial charge in [-0.15, -0.1) is 0 Å². The minimum Gasteiger partial charge on any atom is -0.383 e. The lowest BCUT2D eigenvalue weighted by Gasteiger charge is -2.07. The lowest BCUT2D eigenvalue weighted by molar-refractivity contribution is 0.667. The van der Waals surface area contributed by atoms with E-state index in [-0.39, 0.29) is 0 Å². The van der Waals surface area contributed by atoms with Gasteiger partial charge in [-0.25, -0.2) is 4.98 Å². The molecular formula is C11H14N4. The van der Waals surface area contributed by atoms with E-state index in [9.17, 15) is 0 Å². The lowest BCUT2D eigenvalue weighted by Crippen LogP contribution is -2.02. The summed E-state index contributed by atoms with van der Waals surface area (Å²) in [5.74, 6) is 0.552. The number of pyridine rings is 1. The van der Waals surface area contributed by atoms with E-state index < -0.39 is 0 Å². The first-order chi connectivity index (χ1) is 7.22. The smallest absolute Gasteiger partial charge is 0.132 e. The van der Waals surface area contributed by atoms with Crippen LogP contribution in [-0.4, -0.2) is 14.8 Å². The number of nitrogens with zero attached hydrogens (tertiary/aromatic N) is 3. The van der Waals surface area contributed by atoms with Crippen molar-refractivity contribution in [2.24, 2.45) is 0 Å². The van der Waals surface area contributed by atoms with Crippen LogP contribution in [0, 0.1) is 6.92 Å². The molecule has 0 radical (unpaired) electrons. The number of rotatable bonds is 2. The van der Waals surface area contributed by atoms with Crippen molar-refractivity contribution in [3.8, 4) is 11.3 Å². The largest absolute Gasteiger partial charge is 0.383 e. The molecule has 2 N–H and O–H groups in total. The van der Waals surface area contributed by atoms with Gasteiger partial charge in [0.25, 0.3) is 0 Å². The number of hydrogen-bond donors (Lipinski definition) is 1. The fourth-order valence-electron chi connectivity index (χ4n) is 1.60. The Kier molecular flexibility index (Phi) is 2.41. The normalized spacial score (nSPS) is 10.5. The molecular weight excluding hydrogens is 188 g/mol. The SMILES string of the molecule is CCn1nccc1-c1cc(C)cnc1N. The molecule has 0 amide bonds. The second-order valence-electron chi connectivity index (χ2n) is 3.48. The van der Waals surface area contributed by atoms with Crippen LogP contribution in [0.2, 0.25) is 0 Å². The highest BCUT2D eigenvalue weighted by atomic mass is 15.3. The van der Waals surface area contributed by atoms with Gasteiger partial charge >= 0.3 is 0 Å². The molecule has 0 saturated carbocycles. The third kappa shape index (κ3) is 1.70. The summed E-state index contributed by atoms with van der Waals surface area (Å²) < 4.78 is 1.91. The molecule has 0 fully saturated rings. The predicted molar refractivity (Wildman–Crippen MR) is 60.3 cm³/mol. The molecule has 78 valence electrons. The molecule has 0 aliphatic carbocycles. The Morgan fingerprint density at radius 3 is 3.00 bits per heavy atom. The first kappa shape index (κ1) is 9.71. The molecule has 0 aromatic carbocycles. The zero-order valence-corrected chi connectivity index (χ0v) is 8.94. The van der Waals surface area contributed by atoms with Crippen molar-refractivity contribution < 1.29 is 0 Å². The Hall–Kier alpha value is -1.84. The van der Waals surface area contributed by atoms with Gasteiger partial charge in [-0.2, -0.15) is 5.10 Å². The van der Waals surface area contributed by atoms with Crippen LogP contribution in [-0.2, 0) is 6.54 Å². The topological polar surface area (TPSA) is 56.7 Å². The summed E-state index contributed by atoms with van der Waals surface area (Å²) in [7, 11) is 0. The zero-order chi connectivity index (χ0) is 10.8. The Morgan fingerprint density at radius 2 is 2.27 bits per heavy atom. The fraction of sp³-hybridized carbons (Fsp3) is 0.273. The molecule has 0 bridgehead atoms. The molecule has 0 saturated heterocycles. The molecule has 0 atom stereocenters. The summed E-state index contributed by atoms with van der Waals surface area (Å²) >= 11 is 0. The van der Waals surface area contributed by atoms with Crippen LogP contribution in [0.1, 0.15) is 12.5 Å². The molecule has 0 aliphatic heterocycles. The van der Waals surface area contributed by atoms with Gasteiger partial charge in [-0.05, 0) is 31.5 Å². The minimum absolute atomic E-state index is 0.552. The summed E-state index contributed by atoms with van der Waals surface area (Å²) in [5, 5.41) is 4.22. The number of aryl methyl sites for hydroxylation is 2. The first-order valence-electron chi connectivity index (χ1n) is 4.96. The maximum atomic E-state index is 5.85. The number of anilines is 1. The van der Waals surface area contributed by atoms with Crippen molar-refractivity contribution in [3.05, 3.63) is 30.1 Å². The molecule has 4 heteroatoms. The Balaban J connectivity index is 2.58. The monoisotopic (exact) mass is 202 g/mol. The van der Waals surface area contributed by atoms with Crippen molar-refractivity contribution >= 4 is 5.82 Å². The van der Waals surface area contributed by atoms with Crippen molar-refractivity contribution in [3.63, 3.8) is 0 Å². The zero-order valence-electron chi connectivity index (χ0n) is 8.94. The van der Waals surface area contributed by atoms with E-state index in [2.05, 4.69) is 17.0 Å². The standard InChI is InChI=1S/C11H14N4/c1-3-15-10(4-5-14-15)9-6-8(2)7-13-11(9)12/h4-7H,3H2,1-2H3,(H2,12,13). The molecule has 4 nitrogen and oxygen atoms in total. The number of nitrogens with two attached hydrogens (primary N) is 1. The molecule has 0 unspecified atom stereocenters. The molecule has 2 heterocycles. The van der Waals surface area contributed by atoms with E-state index in [0.29, 0.717) is 5.82 Å². The van der Waals surface area contributed by atoms with Gasteiger partial charge in [0.2, 0.25) is 0 Å². The highest BCUT2D eigenvalue weighted by Gasteiger charge is 2.08. The predicted octanol–water partition coefficient (Wildman–Crippen LogP) is 1.86. The maximum Gasteiger partial charge on any atom is 0.132 e. The second kappa shape index (κ2) is 3.73. The van der Waals surface area contributed by atoms with Gasteiger partial charge in [0.15, 0.2) is 0 Å². The molecule has 2 aromatic rings. The maximum absolute atomic E-state index is 5.85. The van der Waals surface area contributed by atoms with Crippen LogP contribution in [0.15, 0.2) is 24.5 Å². The van der Waals surface area contributed by atoms with Crippen molar-refractivity contribution in [1.29, 1.82) is 0 Å². The van der Waals surface area contributed by atoms with Gasteiger partial charge in [-0.1, -0.05) is 0 Å². The summed E-state index contributed by atoms with van der Waals surface area (Å²) in [6.07, 6.45) is 3.55. The first-order valence-corrected chi connectivity index (χ1v) is 4.96. The van der Waals surface area contributed by atoms with Crippen LogP contribution in [0.5, 0.6) is 0 Å². The van der Waals surface area contributed by atoms with Crippen molar-refractivity contribution in [2.75, 3.05) is 5.73 Å². The third-order valence-corrected chi connectivity index (χ3v) is 2.35. The fourth-order valence-corrected chi connectivity index (χ4v) is 1.60. The summed E-state index contributed by atoms with van der Waals surface area (Å²) in [6.45, 7) is 4.88. The van der Waals surface area contributed by atoms with Crippen molar-refractivity contribution in [2.45, 2.75) is 20.4 Å². The highest BCUT2D eigenvalue weighted by Crippen LogP contribution is 2.24. The highest BCUT2D eigenvalue weighted by molar-refractivity contribution is 5.71. The van der Waals surface area contributed by atoms with Gasteiger partial charge < -0.3 is 5.73 Å². The average Bonchev–Trinajstić information content (AvgIpc) is 2.69. The second-order valence-corrected chi connectivity index (χ2v) is 3.48. The lowest BCUT2D eigenvalue weighted by atomic mass is 10.1. The van der Waals surface area contributed by atoms with Crippen LogP contribution >= 0.6 is 0 Å². The van der Waals surface area contributed by atoms with E-state index in [1.165, 1.54) is 0 Å². The van der Waals surface area contributed by atoms with Gasteiger partial charge in [0, 0.05) is 24.5 Å². The Morgan fingerprint density at radius 1 is 1.47 bits per heavy atom. The van der Waals surface area contributed by atoms with Gasteiger partial charge in [-0.3, -0.25) is 4.68 Å².